The van der Waals surface area contributed by atoms with Gasteiger partial charge in [0, 0.05) is 12.0 Å². The van der Waals surface area contributed by atoms with Crippen LogP contribution in [0.5, 0.6) is 11.5 Å². The molecule has 0 aromatic heterocycles. The van der Waals surface area contributed by atoms with E-state index in [4.69, 9.17) is 0 Å². The molecule has 0 heterocycles. The van der Waals surface area contributed by atoms with Gasteiger partial charge in [-0.1, -0.05) is 37.3 Å². The fraction of sp³-hybridized carbons (Fsp3) is 0.368. The van der Waals surface area contributed by atoms with Crippen LogP contribution < -0.4 is 5.32 Å². The Morgan fingerprint density at radius 3 is 2.55 bits per heavy atom. The van der Waals surface area contributed by atoms with Crippen molar-refractivity contribution in [3.05, 3.63) is 59.2 Å². The van der Waals surface area contributed by atoms with Crippen molar-refractivity contribution in [2.75, 3.05) is 6.54 Å². The Bertz CT molecular complexity index is 639. The van der Waals surface area contributed by atoms with E-state index in [1.54, 1.807) is 12.1 Å². The molecule has 0 bridgehead atoms. The highest BCUT2D eigenvalue weighted by molar-refractivity contribution is 5.51. The van der Waals surface area contributed by atoms with Crippen molar-refractivity contribution >= 4 is 0 Å². The quantitative estimate of drug-likeness (QED) is 0.757. The average Bonchev–Trinajstić information content (AvgIpc) is 2.54. The van der Waals surface area contributed by atoms with Crippen molar-refractivity contribution in [2.24, 2.45) is 0 Å². The van der Waals surface area contributed by atoms with Crippen LogP contribution in [0.15, 0.2) is 42.5 Å². The maximum absolute atomic E-state index is 9.88. The number of rotatable bonds is 4. The standard InChI is InChI=1S/C19H23NO2/c1-2-8-20-15-9-14-10-18(21)19(22)12-17(14)16(11-15)13-6-4-3-5-7-13/h3-7,10,12,15-16,20-22H,2,8-9,11H2,1H3/t15-,16+/m0/s1. The summed E-state index contributed by atoms with van der Waals surface area (Å²) in [4.78, 5) is 0. The fourth-order valence-corrected chi connectivity index (χ4v) is 3.40. The maximum atomic E-state index is 9.88. The van der Waals surface area contributed by atoms with Crippen LogP contribution >= 0.6 is 0 Å². The topological polar surface area (TPSA) is 52.5 Å². The molecule has 0 unspecified atom stereocenters. The van der Waals surface area contributed by atoms with E-state index in [0.29, 0.717) is 6.04 Å². The normalized spacial score (nSPS) is 20.6. The van der Waals surface area contributed by atoms with Crippen LogP contribution in [-0.4, -0.2) is 22.8 Å². The number of hydrogen-bond donors (Lipinski definition) is 3. The summed E-state index contributed by atoms with van der Waals surface area (Å²) in [5.74, 6) is 0.201. The summed E-state index contributed by atoms with van der Waals surface area (Å²) >= 11 is 0. The number of hydrogen-bond acceptors (Lipinski definition) is 3. The number of nitrogens with one attached hydrogen (secondary N) is 1. The summed E-state index contributed by atoms with van der Waals surface area (Å²) < 4.78 is 0. The lowest BCUT2D eigenvalue weighted by Crippen LogP contribution is -2.36. The number of fused-ring (bicyclic) bond motifs is 1. The summed E-state index contributed by atoms with van der Waals surface area (Å²) in [6.45, 7) is 3.17. The van der Waals surface area contributed by atoms with Crippen molar-refractivity contribution in [3.8, 4) is 11.5 Å². The van der Waals surface area contributed by atoms with E-state index in [9.17, 15) is 10.2 Å². The SMILES string of the molecule is CCCN[C@H]1Cc2cc(O)c(O)cc2[C@@H](c2ccccc2)C1. The molecule has 0 saturated heterocycles. The first-order chi connectivity index (χ1) is 10.7. The average molecular weight is 297 g/mol. The molecule has 0 saturated carbocycles. The number of benzene rings is 2. The van der Waals surface area contributed by atoms with Gasteiger partial charge in [0.1, 0.15) is 0 Å². The lowest BCUT2D eigenvalue weighted by Gasteiger charge is -2.33. The number of phenolic OH excluding ortho intramolecular Hbond substituents is 2. The van der Waals surface area contributed by atoms with Crippen molar-refractivity contribution in [1.82, 2.24) is 5.32 Å². The van der Waals surface area contributed by atoms with E-state index in [-0.39, 0.29) is 17.4 Å². The van der Waals surface area contributed by atoms with Gasteiger partial charge in [-0.2, -0.15) is 0 Å². The second-order valence-corrected chi connectivity index (χ2v) is 6.09. The van der Waals surface area contributed by atoms with Crippen molar-refractivity contribution in [2.45, 2.75) is 38.1 Å². The highest BCUT2D eigenvalue weighted by Crippen LogP contribution is 2.41. The summed E-state index contributed by atoms with van der Waals surface area (Å²) in [6.07, 6.45) is 3.02. The highest BCUT2D eigenvalue weighted by Gasteiger charge is 2.28. The van der Waals surface area contributed by atoms with Gasteiger partial charge in [0.25, 0.3) is 0 Å². The Balaban J connectivity index is 1.99. The lowest BCUT2D eigenvalue weighted by atomic mass is 9.76. The minimum Gasteiger partial charge on any atom is -0.504 e. The van der Waals surface area contributed by atoms with E-state index in [1.165, 1.54) is 5.56 Å². The van der Waals surface area contributed by atoms with Crippen LogP contribution in [0.25, 0.3) is 0 Å². The first-order valence-corrected chi connectivity index (χ1v) is 8.02. The fourth-order valence-electron chi connectivity index (χ4n) is 3.40. The minimum atomic E-state index is -0.0281. The molecule has 3 N–H and O–H groups in total. The summed E-state index contributed by atoms with van der Waals surface area (Å²) in [5, 5.41) is 23.3. The smallest absolute Gasteiger partial charge is 0.157 e. The van der Waals surface area contributed by atoms with Crippen LogP contribution in [0.2, 0.25) is 0 Å². The molecule has 0 spiro atoms. The Morgan fingerprint density at radius 1 is 1.09 bits per heavy atom. The zero-order chi connectivity index (χ0) is 15.5. The molecule has 22 heavy (non-hydrogen) atoms. The summed E-state index contributed by atoms with van der Waals surface area (Å²) in [7, 11) is 0. The molecular formula is C19H23NO2. The van der Waals surface area contributed by atoms with Gasteiger partial charge >= 0.3 is 0 Å². The number of phenols is 2. The molecule has 0 fully saturated rings. The molecule has 2 aromatic carbocycles. The third kappa shape index (κ3) is 2.95. The molecular weight excluding hydrogens is 274 g/mol. The summed E-state index contributed by atoms with van der Waals surface area (Å²) in [5.41, 5.74) is 3.52. The molecule has 1 aliphatic carbocycles. The van der Waals surface area contributed by atoms with Gasteiger partial charge in [-0.15, -0.1) is 0 Å². The monoisotopic (exact) mass is 297 g/mol. The second kappa shape index (κ2) is 6.41. The van der Waals surface area contributed by atoms with Crippen LogP contribution in [0.4, 0.5) is 0 Å². The van der Waals surface area contributed by atoms with Gasteiger partial charge in [-0.25, -0.2) is 0 Å². The molecule has 3 rings (SSSR count). The van der Waals surface area contributed by atoms with Gasteiger partial charge in [0.2, 0.25) is 0 Å². The Kier molecular flexibility index (Phi) is 4.34. The third-order valence-electron chi connectivity index (χ3n) is 4.48. The van der Waals surface area contributed by atoms with Crippen molar-refractivity contribution in [3.63, 3.8) is 0 Å². The maximum Gasteiger partial charge on any atom is 0.157 e. The molecule has 2 atom stereocenters. The van der Waals surface area contributed by atoms with Crippen LogP contribution in [0, 0.1) is 0 Å². The molecule has 0 radical (unpaired) electrons. The van der Waals surface area contributed by atoms with Gasteiger partial charge in [-0.05, 0) is 54.6 Å². The van der Waals surface area contributed by atoms with Gasteiger partial charge in [0.05, 0.1) is 0 Å². The predicted molar refractivity (Wildman–Crippen MR) is 88.5 cm³/mol. The third-order valence-corrected chi connectivity index (χ3v) is 4.48. The van der Waals surface area contributed by atoms with E-state index in [1.807, 2.05) is 6.07 Å². The predicted octanol–water partition coefficient (Wildman–Crippen LogP) is 3.54. The second-order valence-electron chi connectivity index (χ2n) is 6.09. The highest BCUT2D eigenvalue weighted by atomic mass is 16.3. The van der Waals surface area contributed by atoms with Crippen LogP contribution in [-0.2, 0) is 6.42 Å². The zero-order valence-electron chi connectivity index (χ0n) is 12.9. The Morgan fingerprint density at radius 2 is 1.82 bits per heavy atom. The molecule has 2 aromatic rings. The van der Waals surface area contributed by atoms with E-state index in [2.05, 4.69) is 36.5 Å². The van der Waals surface area contributed by atoms with Gasteiger partial charge in [0.15, 0.2) is 11.5 Å². The van der Waals surface area contributed by atoms with Gasteiger partial charge < -0.3 is 15.5 Å². The molecule has 0 amide bonds. The first kappa shape index (κ1) is 14.9. The molecule has 3 heteroatoms. The molecule has 1 aliphatic rings. The Labute approximate surface area is 131 Å². The van der Waals surface area contributed by atoms with E-state index in [0.717, 1.165) is 36.9 Å². The van der Waals surface area contributed by atoms with Crippen molar-refractivity contribution in [1.29, 1.82) is 0 Å². The Hall–Kier alpha value is -2.00. The summed E-state index contributed by atoms with van der Waals surface area (Å²) in [6, 6.07) is 14.3. The van der Waals surface area contributed by atoms with Crippen molar-refractivity contribution < 1.29 is 10.2 Å². The minimum absolute atomic E-state index is 0.0262. The van der Waals surface area contributed by atoms with E-state index >= 15 is 0 Å². The van der Waals surface area contributed by atoms with Crippen LogP contribution in [0.3, 0.4) is 0 Å². The first-order valence-electron chi connectivity index (χ1n) is 8.02. The number of aromatic hydroxyl groups is 2. The van der Waals surface area contributed by atoms with Gasteiger partial charge in [-0.3, -0.25) is 0 Å². The van der Waals surface area contributed by atoms with Crippen LogP contribution in [0.1, 0.15) is 42.4 Å². The molecule has 0 aliphatic heterocycles. The largest absolute Gasteiger partial charge is 0.504 e. The molecule has 3 nitrogen and oxygen atoms in total. The zero-order valence-corrected chi connectivity index (χ0v) is 12.9. The van der Waals surface area contributed by atoms with E-state index < -0.39 is 0 Å². The lowest BCUT2D eigenvalue weighted by molar-refractivity contribution is 0.394. The molecule has 116 valence electrons.